The molecule has 0 aliphatic carbocycles. The summed E-state index contributed by atoms with van der Waals surface area (Å²) in [7, 11) is 0. The first kappa shape index (κ1) is 12.5. The van der Waals surface area contributed by atoms with Crippen LogP contribution in [0.3, 0.4) is 0 Å². The highest BCUT2D eigenvalue weighted by Crippen LogP contribution is 2.34. The average molecular weight is 338 g/mol. The monoisotopic (exact) mass is 337 g/mol. The zero-order chi connectivity index (χ0) is 13.7. The molecule has 2 unspecified atom stereocenters. The average Bonchev–Trinajstić information content (AvgIpc) is 2.76. The topological polar surface area (TPSA) is 48.2 Å². The fourth-order valence-electron chi connectivity index (χ4n) is 3.38. The zero-order valence-corrected chi connectivity index (χ0v) is 12.6. The second-order valence-electron chi connectivity index (χ2n) is 5.49. The summed E-state index contributed by atoms with van der Waals surface area (Å²) in [6, 6.07) is 6.16. The molecule has 1 fully saturated rings. The minimum atomic E-state index is -0.0203. The van der Waals surface area contributed by atoms with E-state index in [0.29, 0.717) is 12.6 Å². The molecule has 2 atom stereocenters. The van der Waals surface area contributed by atoms with Gasteiger partial charge >= 0.3 is 5.69 Å². The third kappa shape index (κ3) is 1.67. The van der Waals surface area contributed by atoms with Crippen LogP contribution in [0.4, 0.5) is 0 Å². The molecule has 4 rings (SSSR count). The first-order chi connectivity index (χ1) is 9.77. The first-order valence-electron chi connectivity index (χ1n) is 7.05. The maximum atomic E-state index is 12.6. The Morgan fingerprint density at radius 2 is 2.25 bits per heavy atom. The van der Waals surface area contributed by atoms with E-state index < -0.39 is 0 Å². The Balaban J connectivity index is 1.91. The zero-order valence-electron chi connectivity index (χ0n) is 11.0. The minimum Gasteiger partial charge on any atom is -0.489 e. The number of hydrogen-bond donors (Lipinski definition) is 1. The summed E-state index contributed by atoms with van der Waals surface area (Å²) in [6.45, 7) is 1.58. The number of nitrogens with one attached hydrogen (secondary N) is 1. The SMILES string of the molecule is O=c1n(Br)c2cccc3c2n1C(C1CCCCN1)CO3. The molecular weight excluding hydrogens is 322 g/mol. The molecule has 0 radical (unpaired) electrons. The van der Waals surface area contributed by atoms with Crippen molar-refractivity contribution in [3.63, 3.8) is 0 Å². The van der Waals surface area contributed by atoms with Gasteiger partial charge in [-0.3, -0.25) is 4.57 Å². The maximum absolute atomic E-state index is 12.6. The summed E-state index contributed by atoms with van der Waals surface area (Å²) in [5.74, 6) is 0.796. The van der Waals surface area contributed by atoms with Gasteiger partial charge in [0.2, 0.25) is 0 Å². The lowest BCUT2D eigenvalue weighted by Crippen LogP contribution is -2.46. The number of halogens is 1. The Labute approximate surface area is 124 Å². The fourth-order valence-corrected chi connectivity index (χ4v) is 3.84. The standard InChI is InChI=1S/C14H16BrN3O2/c15-18-10-5-3-6-12-13(10)17(14(18)19)11(8-20-12)9-4-1-2-7-16-9/h3,5-6,9,11,16H,1-2,4,7-8H2. The molecule has 2 aliphatic rings. The van der Waals surface area contributed by atoms with Gasteiger partial charge in [0.15, 0.2) is 0 Å². The van der Waals surface area contributed by atoms with E-state index >= 15 is 0 Å². The van der Waals surface area contributed by atoms with Gasteiger partial charge in [-0.15, -0.1) is 0 Å². The van der Waals surface area contributed by atoms with Crippen molar-refractivity contribution in [2.45, 2.75) is 31.3 Å². The molecule has 5 nitrogen and oxygen atoms in total. The van der Waals surface area contributed by atoms with Crippen LogP contribution in [0.5, 0.6) is 5.75 Å². The van der Waals surface area contributed by atoms with Gasteiger partial charge in [0.1, 0.15) is 17.9 Å². The number of ether oxygens (including phenoxy) is 1. The summed E-state index contributed by atoms with van der Waals surface area (Å²) in [5.41, 5.74) is 1.75. The van der Waals surface area contributed by atoms with Crippen molar-refractivity contribution in [2.75, 3.05) is 13.2 Å². The van der Waals surface area contributed by atoms with Crippen molar-refractivity contribution in [1.29, 1.82) is 0 Å². The summed E-state index contributed by atoms with van der Waals surface area (Å²) in [6.07, 6.45) is 3.52. The van der Waals surface area contributed by atoms with E-state index in [0.717, 1.165) is 29.7 Å². The lowest BCUT2D eigenvalue weighted by Gasteiger charge is -2.34. The smallest absolute Gasteiger partial charge is 0.339 e. The van der Waals surface area contributed by atoms with Crippen LogP contribution in [0, 0.1) is 0 Å². The van der Waals surface area contributed by atoms with E-state index in [2.05, 4.69) is 21.5 Å². The number of benzene rings is 1. The molecule has 1 saturated heterocycles. The molecule has 20 heavy (non-hydrogen) atoms. The van der Waals surface area contributed by atoms with Gasteiger partial charge < -0.3 is 10.1 Å². The highest BCUT2D eigenvalue weighted by atomic mass is 79.9. The molecule has 106 valence electrons. The van der Waals surface area contributed by atoms with Gasteiger partial charge in [0, 0.05) is 6.04 Å². The number of para-hydroxylation sites is 1. The highest BCUT2D eigenvalue weighted by molar-refractivity contribution is 9.08. The maximum Gasteiger partial charge on any atom is 0.339 e. The predicted octanol–water partition coefficient (Wildman–Crippen LogP) is 2.04. The molecule has 1 N–H and O–H groups in total. The summed E-state index contributed by atoms with van der Waals surface area (Å²) in [4.78, 5) is 12.6. The van der Waals surface area contributed by atoms with E-state index in [-0.39, 0.29) is 11.7 Å². The van der Waals surface area contributed by atoms with Gasteiger partial charge in [0.25, 0.3) is 0 Å². The quantitative estimate of drug-likeness (QED) is 0.866. The van der Waals surface area contributed by atoms with Crippen molar-refractivity contribution < 1.29 is 4.74 Å². The Hall–Kier alpha value is -1.27. The lowest BCUT2D eigenvalue weighted by molar-refractivity contribution is 0.180. The van der Waals surface area contributed by atoms with Crippen LogP contribution in [0.1, 0.15) is 25.3 Å². The molecule has 0 spiro atoms. The van der Waals surface area contributed by atoms with Crippen LogP contribution < -0.4 is 15.7 Å². The molecule has 2 aromatic rings. The summed E-state index contributed by atoms with van der Waals surface area (Å²) >= 11 is 3.36. The van der Waals surface area contributed by atoms with E-state index in [1.165, 1.54) is 16.4 Å². The van der Waals surface area contributed by atoms with E-state index in [9.17, 15) is 4.79 Å². The van der Waals surface area contributed by atoms with Crippen LogP contribution in [0.2, 0.25) is 0 Å². The number of aromatic nitrogens is 2. The lowest BCUT2D eigenvalue weighted by atomic mass is 9.97. The Morgan fingerprint density at radius 3 is 3.05 bits per heavy atom. The number of piperidine rings is 1. The van der Waals surface area contributed by atoms with Crippen LogP contribution >= 0.6 is 16.1 Å². The third-order valence-corrected chi connectivity index (χ3v) is 5.04. The molecule has 1 aromatic heterocycles. The summed E-state index contributed by atoms with van der Waals surface area (Å²) in [5, 5.41) is 3.53. The number of rotatable bonds is 1. The first-order valence-corrected chi connectivity index (χ1v) is 7.76. The van der Waals surface area contributed by atoms with Gasteiger partial charge in [0.05, 0.1) is 27.7 Å². The predicted molar refractivity (Wildman–Crippen MR) is 80.7 cm³/mol. The van der Waals surface area contributed by atoms with Crippen molar-refractivity contribution in [3.05, 3.63) is 28.7 Å². The Bertz CT molecular complexity index is 715. The van der Waals surface area contributed by atoms with Gasteiger partial charge in [-0.05, 0) is 31.5 Å². The second kappa shape index (κ2) is 4.63. The molecule has 3 heterocycles. The van der Waals surface area contributed by atoms with Crippen LogP contribution in [0.15, 0.2) is 23.0 Å². The molecule has 1 aromatic carbocycles. The Kier molecular flexibility index (Phi) is 2.89. The van der Waals surface area contributed by atoms with Crippen LogP contribution in [-0.2, 0) is 0 Å². The van der Waals surface area contributed by atoms with Crippen molar-refractivity contribution in [2.24, 2.45) is 0 Å². The van der Waals surface area contributed by atoms with Crippen molar-refractivity contribution in [1.82, 2.24) is 13.5 Å². The molecule has 0 bridgehead atoms. The fraction of sp³-hybridized carbons (Fsp3) is 0.500. The molecular formula is C14H16BrN3O2. The van der Waals surface area contributed by atoms with E-state index in [4.69, 9.17) is 4.74 Å². The third-order valence-electron chi connectivity index (χ3n) is 4.36. The van der Waals surface area contributed by atoms with E-state index in [1.54, 1.807) is 0 Å². The molecule has 0 amide bonds. The van der Waals surface area contributed by atoms with Crippen molar-refractivity contribution >= 4 is 27.2 Å². The second-order valence-corrected chi connectivity index (χ2v) is 6.20. The number of hydrogen-bond acceptors (Lipinski definition) is 3. The number of nitrogens with zero attached hydrogens (tertiary/aromatic N) is 2. The number of imidazole rings is 1. The normalized spacial score (nSPS) is 25.6. The minimum absolute atomic E-state index is 0.0203. The van der Waals surface area contributed by atoms with Crippen LogP contribution in [0.25, 0.3) is 11.0 Å². The highest BCUT2D eigenvalue weighted by Gasteiger charge is 2.33. The molecule has 6 heteroatoms. The van der Waals surface area contributed by atoms with Crippen LogP contribution in [-0.4, -0.2) is 27.4 Å². The van der Waals surface area contributed by atoms with Gasteiger partial charge in [-0.25, -0.2) is 8.39 Å². The Morgan fingerprint density at radius 1 is 1.35 bits per heavy atom. The molecule has 0 saturated carbocycles. The van der Waals surface area contributed by atoms with Gasteiger partial charge in [-0.2, -0.15) is 0 Å². The molecule has 2 aliphatic heterocycles. The van der Waals surface area contributed by atoms with E-state index in [1.807, 2.05) is 22.8 Å². The van der Waals surface area contributed by atoms with Gasteiger partial charge in [-0.1, -0.05) is 12.5 Å². The summed E-state index contributed by atoms with van der Waals surface area (Å²) < 4.78 is 9.33. The largest absolute Gasteiger partial charge is 0.489 e. The van der Waals surface area contributed by atoms with Crippen molar-refractivity contribution in [3.8, 4) is 5.75 Å².